The van der Waals surface area contributed by atoms with Crippen molar-refractivity contribution in [2.24, 2.45) is 0 Å². The molecule has 0 aromatic carbocycles. The SMILES string of the molecule is CC(c1cccs1)N(C)C(=O)c1cc(Cl)nnc1Cl. The molecule has 0 aliphatic carbocycles. The van der Waals surface area contributed by atoms with Crippen LogP contribution in [0.2, 0.25) is 10.3 Å². The van der Waals surface area contributed by atoms with E-state index in [1.165, 1.54) is 6.07 Å². The third-order valence-corrected chi connectivity index (χ3v) is 4.31. The van der Waals surface area contributed by atoms with Gasteiger partial charge in [0.1, 0.15) is 0 Å². The fourth-order valence-corrected chi connectivity index (χ4v) is 2.74. The maximum atomic E-state index is 12.4. The van der Waals surface area contributed by atoms with Gasteiger partial charge < -0.3 is 4.90 Å². The van der Waals surface area contributed by atoms with Crippen LogP contribution in [0.15, 0.2) is 23.6 Å². The second kappa shape index (κ2) is 5.86. The molecule has 1 unspecified atom stereocenters. The largest absolute Gasteiger partial charge is 0.334 e. The monoisotopic (exact) mass is 315 g/mol. The van der Waals surface area contributed by atoms with E-state index in [2.05, 4.69) is 10.2 Å². The first-order chi connectivity index (χ1) is 9.00. The fraction of sp³-hybridized carbons (Fsp3) is 0.250. The topological polar surface area (TPSA) is 46.1 Å². The van der Waals surface area contributed by atoms with Gasteiger partial charge in [0, 0.05) is 11.9 Å². The van der Waals surface area contributed by atoms with Crippen molar-refractivity contribution in [1.82, 2.24) is 15.1 Å². The minimum absolute atomic E-state index is 0.0458. The number of thiophene rings is 1. The number of amides is 1. The molecule has 0 aliphatic heterocycles. The highest BCUT2D eigenvalue weighted by Gasteiger charge is 2.22. The van der Waals surface area contributed by atoms with Crippen molar-refractivity contribution in [2.45, 2.75) is 13.0 Å². The van der Waals surface area contributed by atoms with Crippen molar-refractivity contribution in [1.29, 1.82) is 0 Å². The molecule has 2 aromatic heterocycles. The Kier molecular flexibility index (Phi) is 4.39. The van der Waals surface area contributed by atoms with Crippen molar-refractivity contribution in [3.8, 4) is 0 Å². The Balaban J connectivity index is 2.26. The summed E-state index contributed by atoms with van der Waals surface area (Å²) in [4.78, 5) is 15.1. The van der Waals surface area contributed by atoms with E-state index in [9.17, 15) is 4.79 Å². The summed E-state index contributed by atoms with van der Waals surface area (Å²) < 4.78 is 0. The van der Waals surface area contributed by atoms with Crippen LogP contribution >= 0.6 is 34.5 Å². The number of carbonyl (C=O) groups is 1. The Hall–Kier alpha value is -1.17. The fourth-order valence-electron chi connectivity index (χ4n) is 1.59. The van der Waals surface area contributed by atoms with Crippen molar-refractivity contribution < 1.29 is 4.79 Å². The molecule has 0 saturated carbocycles. The van der Waals surface area contributed by atoms with E-state index >= 15 is 0 Å². The average Bonchev–Trinajstić information content (AvgIpc) is 2.93. The van der Waals surface area contributed by atoms with Gasteiger partial charge in [0.25, 0.3) is 5.91 Å². The molecule has 0 saturated heterocycles. The van der Waals surface area contributed by atoms with Gasteiger partial charge in [-0.1, -0.05) is 29.3 Å². The highest BCUT2D eigenvalue weighted by atomic mass is 35.5. The molecule has 19 heavy (non-hydrogen) atoms. The number of rotatable bonds is 3. The van der Waals surface area contributed by atoms with Crippen LogP contribution in [0.1, 0.15) is 28.2 Å². The summed E-state index contributed by atoms with van der Waals surface area (Å²) in [6, 6.07) is 5.32. The van der Waals surface area contributed by atoms with Crippen LogP contribution in [-0.4, -0.2) is 28.1 Å². The van der Waals surface area contributed by atoms with Gasteiger partial charge in [-0.05, 0) is 24.4 Å². The van der Waals surface area contributed by atoms with Crippen LogP contribution in [-0.2, 0) is 0 Å². The molecule has 100 valence electrons. The smallest absolute Gasteiger partial charge is 0.257 e. The van der Waals surface area contributed by atoms with E-state index in [1.807, 2.05) is 24.4 Å². The first-order valence-corrected chi connectivity index (χ1v) is 7.13. The van der Waals surface area contributed by atoms with Gasteiger partial charge in [-0.25, -0.2) is 0 Å². The number of aromatic nitrogens is 2. The summed E-state index contributed by atoms with van der Waals surface area (Å²) in [5.74, 6) is -0.234. The maximum absolute atomic E-state index is 12.4. The minimum Gasteiger partial charge on any atom is -0.334 e. The quantitative estimate of drug-likeness (QED) is 0.868. The third kappa shape index (κ3) is 3.05. The van der Waals surface area contributed by atoms with Crippen molar-refractivity contribution in [3.63, 3.8) is 0 Å². The van der Waals surface area contributed by atoms with Crippen LogP contribution < -0.4 is 0 Å². The van der Waals surface area contributed by atoms with Crippen LogP contribution in [0.4, 0.5) is 0 Å². The normalized spacial score (nSPS) is 12.2. The van der Waals surface area contributed by atoms with Crippen molar-refractivity contribution in [3.05, 3.63) is 44.3 Å². The summed E-state index contributed by atoms with van der Waals surface area (Å²) >= 11 is 13.2. The van der Waals surface area contributed by atoms with Gasteiger partial charge in [-0.2, -0.15) is 0 Å². The van der Waals surface area contributed by atoms with Gasteiger partial charge in [-0.3, -0.25) is 4.79 Å². The minimum atomic E-state index is -0.234. The van der Waals surface area contributed by atoms with E-state index < -0.39 is 0 Å². The molecule has 7 heteroatoms. The molecule has 2 heterocycles. The van der Waals surface area contributed by atoms with Crippen LogP contribution in [0.3, 0.4) is 0 Å². The standard InChI is InChI=1S/C12H11Cl2N3OS/c1-7(9-4-3-5-19-9)17(2)12(18)8-6-10(13)15-16-11(8)14/h3-7H,1-2H3. The Morgan fingerprint density at radius 1 is 1.42 bits per heavy atom. The summed E-state index contributed by atoms with van der Waals surface area (Å²) in [6.07, 6.45) is 0. The molecule has 0 radical (unpaired) electrons. The van der Waals surface area contributed by atoms with Crippen molar-refractivity contribution >= 4 is 40.4 Å². The molecule has 4 nitrogen and oxygen atoms in total. The molecular weight excluding hydrogens is 305 g/mol. The predicted molar refractivity (Wildman–Crippen MR) is 76.9 cm³/mol. The maximum Gasteiger partial charge on any atom is 0.257 e. The number of halogens is 2. The van der Waals surface area contributed by atoms with E-state index in [0.29, 0.717) is 0 Å². The van der Waals surface area contributed by atoms with Gasteiger partial charge >= 0.3 is 0 Å². The Morgan fingerprint density at radius 2 is 2.16 bits per heavy atom. The Bertz CT molecular complexity index is 589. The molecule has 0 N–H and O–H groups in total. The summed E-state index contributed by atoms with van der Waals surface area (Å²) in [6.45, 7) is 1.95. The second-order valence-electron chi connectivity index (χ2n) is 3.98. The molecule has 0 fully saturated rings. The van der Waals surface area contributed by atoms with E-state index in [1.54, 1.807) is 23.3 Å². The Morgan fingerprint density at radius 3 is 2.79 bits per heavy atom. The predicted octanol–water partition coefficient (Wildman–Crippen LogP) is 3.68. The summed E-state index contributed by atoms with van der Waals surface area (Å²) in [5, 5.41) is 9.41. The van der Waals surface area contributed by atoms with Gasteiger partial charge in [0.2, 0.25) is 0 Å². The molecule has 0 aliphatic rings. The second-order valence-corrected chi connectivity index (χ2v) is 5.70. The van der Waals surface area contributed by atoms with Crippen molar-refractivity contribution in [2.75, 3.05) is 7.05 Å². The highest BCUT2D eigenvalue weighted by molar-refractivity contribution is 7.10. The highest BCUT2D eigenvalue weighted by Crippen LogP contribution is 2.26. The molecule has 1 amide bonds. The zero-order valence-corrected chi connectivity index (χ0v) is 12.6. The zero-order valence-electron chi connectivity index (χ0n) is 10.3. The third-order valence-electron chi connectivity index (χ3n) is 2.81. The molecule has 2 rings (SSSR count). The lowest BCUT2D eigenvalue weighted by Crippen LogP contribution is -2.29. The number of hydrogen-bond acceptors (Lipinski definition) is 4. The van der Waals surface area contributed by atoms with E-state index in [4.69, 9.17) is 23.2 Å². The number of carbonyl (C=O) groups excluding carboxylic acids is 1. The molecule has 0 spiro atoms. The zero-order chi connectivity index (χ0) is 14.0. The average molecular weight is 316 g/mol. The van der Waals surface area contributed by atoms with Crippen LogP contribution in [0.25, 0.3) is 0 Å². The lowest BCUT2D eigenvalue weighted by molar-refractivity contribution is 0.0744. The number of nitrogens with zero attached hydrogens (tertiary/aromatic N) is 3. The molecule has 0 bridgehead atoms. The van der Waals surface area contributed by atoms with Crippen LogP contribution in [0.5, 0.6) is 0 Å². The molecule has 1 atom stereocenters. The number of hydrogen-bond donors (Lipinski definition) is 0. The van der Waals surface area contributed by atoms with Gasteiger partial charge in [-0.15, -0.1) is 21.5 Å². The van der Waals surface area contributed by atoms with E-state index in [-0.39, 0.29) is 27.8 Å². The van der Waals surface area contributed by atoms with E-state index in [0.717, 1.165) is 4.88 Å². The van der Waals surface area contributed by atoms with Gasteiger partial charge in [0.05, 0.1) is 11.6 Å². The lowest BCUT2D eigenvalue weighted by atomic mass is 10.2. The summed E-state index contributed by atoms with van der Waals surface area (Å²) in [5.41, 5.74) is 0.257. The Labute approximate surface area is 125 Å². The molecular formula is C12H11Cl2N3OS. The van der Waals surface area contributed by atoms with Gasteiger partial charge in [0.15, 0.2) is 10.3 Å². The lowest BCUT2D eigenvalue weighted by Gasteiger charge is -2.24. The first-order valence-electron chi connectivity index (χ1n) is 5.50. The summed E-state index contributed by atoms with van der Waals surface area (Å²) in [7, 11) is 1.72. The van der Waals surface area contributed by atoms with Crippen LogP contribution in [0, 0.1) is 0 Å². The first kappa shape index (κ1) is 14.2. The molecule has 2 aromatic rings.